The minimum atomic E-state index is 0.353. The molecular weight excluding hydrogens is 248 g/mol. The number of hydrogen-bond acceptors (Lipinski definition) is 3. The first-order chi connectivity index (χ1) is 6.07. The zero-order valence-corrected chi connectivity index (χ0v) is 10.2. The normalized spacial score (nSPS) is 30.5. The maximum atomic E-state index is 5.71. The van der Waals surface area contributed by atoms with Crippen molar-refractivity contribution in [3.8, 4) is 0 Å². The van der Waals surface area contributed by atoms with Crippen LogP contribution < -0.4 is 5.73 Å². The van der Waals surface area contributed by atoms with Crippen molar-refractivity contribution in [3.05, 3.63) is 15.0 Å². The summed E-state index contributed by atoms with van der Waals surface area (Å²) in [5, 5.41) is 1.23. The summed E-state index contributed by atoms with van der Waals surface area (Å²) in [6, 6.07) is 0. The first kappa shape index (κ1) is 9.62. The number of halogens is 1. The molecular formula is C9H13BrN2S. The molecule has 2 nitrogen and oxygen atoms in total. The second kappa shape index (κ2) is 3.04. The third-order valence-electron chi connectivity index (χ3n) is 3.07. The van der Waals surface area contributed by atoms with Crippen molar-refractivity contribution in [2.24, 2.45) is 17.1 Å². The van der Waals surface area contributed by atoms with Crippen molar-refractivity contribution in [2.45, 2.75) is 19.8 Å². The largest absolute Gasteiger partial charge is 0.330 e. The number of hydrogen-bond donors (Lipinski definition) is 1. The van der Waals surface area contributed by atoms with Crippen LogP contribution >= 0.6 is 27.3 Å². The third-order valence-corrected chi connectivity index (χ3v) is 4.63. The lowest BCUT2D eigenvalue weighted by Crippen LogP contribution is -2.05. The smallest absolute Gasteiger partial charge is 0.0976 e. The number of nitrogens with two attached hydrogens (primary N) is 1. The van der Waals surface area contributed by atoms with Gasteiger partial charge in [-0.15, -0.1) is 11.3 Å². The lowest BCUT2D eigenvalue weighted by Gasteiger charge is -1.97. The molecule has 4 heteroatoms. The summed E-state index contributed by atoms with van der Waals surface area (Å²) in [4.78, 5) is 4.39. The van der Waals surface area contributed by atoms with E-state index in [0.717, 1.165) is 10.3 Å². The van der Waals surface area contributed by atoms with Crippen molar-refractivity contribution in [2.75, 3.05) is 6.54 Å². The zero-order valence-electron chi connectivity index (χ0n) is 7.75. The molecule has 1 aliphatic rings. The van der Waals surface area contributed by atoms with Crippen LogP contribution in [0.4, 0.5) is 0 Å². The van der Waals surface area contributed by atoms with E-state index in [1.165, 1.54) is 5.01 Å². The van der Waals surface area contributed by atoms with Gasteiger partial charge in [-0.3, -0.25) is 0 Å². The van der Waals surface area contributed by atoms with Gasteiger partial charge in [0.2, 0.25) is 0 Å². The van der Waals surface area contributed by atoms with E-state index < -0.39 is 0 Å². The van der Waals surface area contributed by atoms with E-state index in [2.05, 4.69) is 34.8 Å². The van der Waals surface area contributed by atoms with Gasteiger partial charge in [0.05, 0.1) is 15.0 Å². The molecule has 1 aliphatic carbocycles. The van der Waals surface area contributed by atoms with Gasteiger partial charge < -0.3 is 5.73 Å². The van der Waals surface area contributed by atoms with E-state index in [1.54, 1.807) is 11.3 Å². The highest BCUT2D eigenvalue weighted by atomic mass is 79.9. The van der Waals surface area contributed by atoms with Gasteiger partial charge in [-0.25, -0.2) is 4.98 Å². The summed E-state index contributed by atoms with van der Waals surface area (Å²) >= 11 is 5.16. The highest BCUT2D eigenvalue weighted by Crippen LogP contribution is 2.64. The Hall–Kier alpha value is 0.0700. The van der Waals surface area contributed by atoms with E-state index in [-0.39, 0.29) is 0 Å². The van der Waals surface area contributed by atoms with Gasteiger partial charge in [0.15, 0.2) is 0 Å². The lowest BCUT2D eigenvalue weighted by molar-refractivity contribution is 0.558. The molecule has 2 atom stereocenters. The summed E-state index contributed by atoms with van der Waals surface area (Å²) in [5.41, 5.74) is 6.06. The molecule has 2 N–H and O–H groups in total. The van der Waals surface area contributed by atoms with E-state index >= 15 is 0 Å². The quantitative estimate of drug-likeness (QED) is 0.888. The highest BCUT2D eigenvalue weighted by Gasteiger charge is 2.58. The minimum absolute atomic E-state index is 0.353. The van der Waals surface area contributed by atoms with Gasteiger partial charge in [0.25, 0.3) is 0 Å². The maximum absolute atomic E-state index is 5.71. The van der Waals surface area contributed by atoms with Crippen molar-refractivity contribution in [1.82, 2.24) is 4.98 Å². The molecule has 0 aromatic carbocycles. The van der Waals surface area contributed by atoms with Crippen LogP contribution in [0.25, 0.3) is 0 Å². The Balaban J connectivity index is 2.21. The Morgan fingerprint density at radius 1 is 1.69 bits per heavy atom. The predicted molar refractivity (Wildman–Crippen MR) is 58.9 cm³/mol. The van der Waals surface area contributed by atoms with E-state index in [0.29, 0.717) is 17.3 Å². The Morgan fingerprint density at radius 3 is 2.77 bits per heavy atom. The molecule has 0 saturated heterocycles. The number of nitrogens with zero attached hydrogens (tertiary/aromatic N) is 1. The van der Waals surface area contributed by atoms with Gasteiger partial charge in [0, 0.05) is 5.92 Å². The zero-order chi connectivity index (χ0) is 9.64. The fourth-order valence-electron chi connectivity index (χ4n) is 2.09. The van der Waals surface area contributed by atoms with E-state index in [4.69, 9.17) is 5.73 Å². The summed E-state index contributed by atoms with van der Waals surface area (Å²) in [5.74, 6) is 1.19. The average Bonchev–Trinajstić information content (AvgIpc) is 2.41. The first-order valence-electron chi connectivity index (χ1n) is 4.38. The highest BCUT2D eigenvalue weighted by molar-refractivity contribution is 9.11. The number of rotatable bonds is 2. The molecule has 1 fully saturated rings. The third kappa shape index (κ3) is 1.45. The van der Waals surface area contributed by atoms with E-state index in [9.17, 15) is 0 Å². The molecule has 1 heterocycles. The monoisotopic (exact) mass is 260 g/mol. The topological polar surface area (TPSA) is 38.9 Å². The minimum Gasteiger partial charge on any atom is -0.330 e. The molecule has 1 aromatic rings. The average molecular weight is 261 g/mol. The molecule has 2 rings (SSSR count). The second-order valence-electron chi connectivity index (χ2n) is 4.14. The Kier molecular flexibility index (Phi) is 2.25. The van der Waals surface area contributed by atoms with E-state index in [1.807, 2.05) is 6.20 Å². The fraction of sp³-hybridized carbons (Fsp3) is 0.667. The standard InChI is InChI=1S/C9H13BrN2S/c1-9(2)5(3-11)7(9)8-12-4-6(10)13-8/h4-5,7H,3,11H2,1-2H3. The fourth-order valence-corrected chi connectivity index (χ4v) is 3.69. The first-order valence-corrected chi connectivity index (χ1v) is 5.99. The number of aromatic nitrogens is 1. The lowest BCUT2D eigenvalue weighted by atomic mass is 10.1. The molecule has 0 amide bonds. The summed E-state index contributed by atoms with van der Waals surface area (Å²) in [6.45, 7) is 5.31. The second-order valence-corrected chi connectivity index (χ2v) is 6.59. The summed E-state index contributed by atoms with van der Waals surface area (Å²) < 4.78 is 1.11. The molecule has 2 unspecified atom stereocenters. The molecule has 0 aliphatic heterocycles. The molecule has 1 saturated carbocycles. The number of thiazole rings is 1. The van der Waals surface area contributed by atoms with Crippen LogP contribution in [-0.2, 0) is 0 Å². The van der Waals surface area contributed by atoms with Gasteiger partial charge in [0.1, 0.15) is 0 Å². The van der Waals surface area contributed by atoms with Gasteiger partial charge in [-0.2, -0.15) is 0 Å². The van der Waals surface area contributed by atoms with Gasteiger partial charge >= 0.3 is 0 Å². The van der Waals surface area contributed by atoms with Crippen LogP contribution in [0.2, 0.25) is 0 Å². The van der Waals surface area contributed by atoms with Crippen LogP contribution in [0.3, 0.4) is 0 Å². The Morgan fingerprint density at radius 2 is 2.38 bits per heavy atom. The predicted octanol–water partition coefficient (Wildman–Crippen LogP) is 2.60. The Labute approximate surface area is 90.7 Å². The van der Waals surface area contributed by atoms with Crippen molar-refractivity contribution in [3.63, 3.8) is 0 Å². The summed E-state index contributed by atoms with van der Waals surface area (Å²) in [6.07, 6.45) is 1.88. The van der Waals surface area contributed by atoms with Gasteiger partial charge in [-0.1, -0.05) is 13.8 Å². The van der Waals surface area contributed by atoms with Crippen molar-refractivity contribution < 1.29 is 0 Å². The molecule has 13 heavy (non-hydrogen) atoms. The van der Waals surface area contributed by atoms with Crippen LogP contribution in [0, 0.1) is 11.3 Å². The summed E-state index contributed by atoms with van der Waals surface area (Å²) in [7, 11) is 0. The Bertz CT molecular complexity index is 321. The van der Waals surface area contributed by atoms with Crippen molar-refractivity contribution >= 4 is 27.3 Å². The SMILES string of the molecule is CC1(C)C(CN)C1c1ncc(Br)s1. The maximum Gasteiger partial charge on any atom is 0.0976 e. The van der Waals surface area contributed by atoms with Crippen LogP contribution in [0.5, 0.6) is 0 Å². The van der Waals surface area contributed by atoms with Gasteiger partial charge in [-0.05, 0) is 33.8 Å². The molecule has 72 valence electrons. The van der Waals surface area contributed by atoms with Crippen LogP contribution in [-0.4, -0.2) is 11.5 Å². The molecule has 1 aromatic heterocycles. The van der Waals surface area contributed by atoms with Crippen LogP contribution in [0.1, 0.15) is 24.8 Å². The molecule has 0 spiro atoms. The van der Waals surface area contributed by atoms with Crippen LogP contribution in [0.15, 0.2) is 9.98 Å². The molecule has 0 radical (unpaired) electrons. The molecule has 0 bridgehead atoms. The van der Waals surface area contributed by atoms with Crippen molar-refractivity contribution in [1.29, 1.82) is 0 Å².